The molecule has 0 bridgehead atoms. The van der Waals surface area contributed by atoms with Crippen LogP contribution in [0, 0.1) is 17.0 Å². The smallest absolute Gasteiger partial charge is 0.218 e. The molecule has 126 valence electrons. The van der Waals surface area contributed by atoms with Gasteiger partial charge in [0.1, 0.15) is 11.6 Å². The Labute approximate surface area is 130 Å². The van der Waals surface area contributed by atoms with Crippen molar-refractivity contribution >= 4 is 10.0 Å². The van der Waals surface area contributed by atoms with Crippen LogP contribution in [0.15, 0.2) is 18.2 Å². The summed E-state index contributed by atoms with van der Waals surface area (Å²) >= 11 is 0. The lowest BCUT2D eigenvalue weighted by molar-refractivity contribution is 0.240. The van der Waals surface area contributed by atoms with E-state index in [9.17, 15) is 17.2 Å². The quantitative estimate of drug-likeness (QED) is 0.833. The first kappa shape index (κ1) is 19.0. The third-order valence-electron chi connectivity index (χ3n) is 2.96. The zero-order chi connectivity index (χ0) is 17.0. The van der Waals surface area contributed by atoms with Crippen molar-refractivity contribution in [1.82, 2.24) is 4.31 Å². The number of rotatable bonds is 7. The van der Waals surface area contributed by atoms with Crippen LogP contribution in [0.5, 0.6) is 0 Å². The minimum Gasteiger partial charge on any atom is -0.396 e. The summed E-state index contributed by atoms with van der Waals surface area (Å²) in [5.41, 5.74) is -0.339. The van der Waals surface area contributed by atoms with E-state index in [1.165, 1.54) is 4.31 Å². The van der Waals surface area contributed by atoms with Gasteiger partial charge in [0.2, 0.25) is 10.0 Å². The summed E-state index contributed by atoms with van der Waals surface area (Å²) in [5.74, 6) is -2.15. The van der Waals surface area contributed by atoms with Crippen LogP contribution in [0.4, 0.5) is 8.78 Å². The van der Waals surface area contributed by atoms with Crippen molar-refractivity contribution < 1.29 is 22.3 Å². The molecular weight excluding hydrogens is 312 g/mol. The summed E-state index contributed by atoms with van der Waals surface area (Å²) in [5, 5.41) is 8.92. The molecule has 7 heteroatoms. The average molecular weight is 335 g/mol. The van der Waals surface area contributed by atoms with Gasteiger partial charge < -0.3 is 5.11 Å². The Morgan fingerprint density at radius 2 is 1.86 bits per heavy atom. The normalized spacial score (nSPS) is 12.9. The molecule has 0 radical (unpaired) electrons. The van der Waals surface area contributed by atoms with Gasteiger partial charge in [0.25, 0.3) is 0 Å². The average Bonchev–Trinajstić information content (AvgIpc) is 2.36. The summed E-state index contributed by atoms with van der Waals surface area (Å²) in [6.07, 6.45) is 0.307. The predicted octanol–water partition coefficient (Wildman–Crippen LogP) is 2.53. The zero-order valence-electron chi connectivity index (χ0n) is 13.1. The molecule has 0 aliphatic heterocycles. The van der Waals surface area contributed by atoms with Crippen molar-refractivity contribution in [1.29, 1.82) is 0 Å². The van der Waals surface area contributed by atoms with E-state index in [2.05, 4.69) is 0 Å². The third-order valence-corrected chi connectivity index (χ3v) is 4.74. The van der Waals surface area contributed by atoms with Gasteiger partial charge in [0, 0.05) is 31.3 Å². The fourth-order valence-electron chi connectivity index (χ4n) is 2.02. The number of aliphatic hydroxyl groups is 1. The molecule has 0 atom stereocenters. The highest BCUT2D eigenvalue weighted by Crippen LogP contribution is 2.21. The Hall–Kier alpha value is -1.05. The van der Waals surface area contributed by atoms with Crippen molar-refractivity contribution in [2.45, 2.75) is 32.9 Å². The fourth-order valence-corrected chi connectivity index (χ4v) is 3.82. The number of aliphatic hydroxyl groups excluding tert-OH is 1. The largest absolute Gasteiger partial charge is 0.396 e. The molecule has 0 aliphatic carbocycles. The van der Waals surface area contributed by atoms with Crippen LogP contribution in [0.25, 0.3) is 0 Å². The molecule has 4 nitrogen and oxygen atoms in total. The van der Waals surface area contributed by atoms with Crippen LogP contribution >= 0.6 is 0 Å². The summed E-state index contributed by atoms with van der Waals surface area (Å²) in [6, 6.07) is 2.85. The highest BCUT2D eigenvalue weighted by Gasteiger charge is 2.27. The van der Waals surface area contributed by atoms with E-state index in [4.69, 9.17) is 5.11 Å². The second kappa shape index (κ2) is 7.48. The summed E-state index contributed by atoms with van der Waals surface area (Å²) in [4.78, 5) is 0. The molecule has 0 saturated carbocycles. The van der Waals surface area contributed by atoms with Crippen molar-refractivity contribution in [3.8, 4) is 0 Å². The molecule has 0 amide bonds. The lowest BCUT2D eigenvalue weighted by Crippen LogP contribution is -2.39. The number of hydrogen-bond donors (Lipinski definition) is 1. The van der Waals surface area contributed by atoms with Gasteiger partial charge in [-0.3, -0.25) is 0 Å². The molecule has 1 rings (SSSR count). The topological polar surface area (TPSA) is 57.6 Å². The van der Waals surface area contributed by atoms with E-state index in [0.29, 0.717) is 12.5 Å². The Kier molecular flexibility index (Phi) is 6.46. The maximum absolute atomic E-state index is 13.7. The summed E-state index contributed by atoms with van der Waals surface area (Å²) < 4.78 is 52.8. The van der Waals surface area contributed by atoms with Gasteiger partial charge in [-0.15, -0.1) is 0 Å². The molecule has 0 heterocycles. The van der Waals surface area contributed by atoms with Crippen LogP contribution in [-0.2, 0) is 15.8 Å². The van der Waals surface area contributed by atoms with Gasteiger partial charge in [0.15, 0.2) is 0 Å². The number of halogens is 2. The summed E-state index contributed by atoms with van der Waals surface area (Å²) in [7, 11) is -3.76. The van der Waals surface area contributed by atoms with Crippen LogP contribution in [0.2, 0.25) is 0 Å². The Balaban J connectivity index is 3.00. The lowest BCUT2D eigenvalue weighted by atomic mass is 9.97. The predicted molar refractivity (Wildman–Crippen MR) is 81.7 cm³/mol. The Morgan fingerprint density at radius 3 is 2.36 bits per heavy atom. The van der Waals surface area contributed by atoms with Crippen LogP contribution in [0.1, 0.15) is 32.8 Å². The summed E-state index contributed by atoms with van der Waals surface area (Å²) in [6.45, 7) is 5.99. The number of benzene rings is 1. The first-order chi connectivity index (χ1) is 10.0. The van der Waals surface area contributed by atoms with Crippen molar-refractivity contribution in [2.24, 2.45) is 5.41 Å². The third kappa shape index (κ3) is 5.98. The van der Waals surface area contributed by atoms with E-state index < -0.39 is 27.4 Å². The van der Waals surface area contributed by atoms with Gasteiger partial charge in [-0.2, -0.15) is 0 Å². The van der Waals surface area contributed by atoms with Crippen LogP contribution in [-0.4, -0.2) is 37.5 Å². The van der Waals surface area contributed by atoms with E-state index in [0.717, 1.165) is 12.1 Å². The number of nitrogens with zero attached hydrogens (tertiary/aromatic N) is 1. The number of hydrogen-bond acceptors (Lipinski definition) is 3. The monoisotopic (exact) mass is 335 g/mol. The second-order valence-corrected chi connectivity index (χ2v) is 8.43. The Morgan fingerprint density at radius 1 is 1.23 bits per heavy atom. The van der Waals surface area contributed by atoms with Gasteiger partial charge in [-0.25, -0.2) is 21.5 Å². The molecular formula is C15H23F2NO3S. The highest BCUT2D eigenvalue weighted by atomic mass is 32.2. The van der Waals surface area contributed by atoms with Gasteiger partial charge >= 0.3 is 0 Å². The first-order valence-electron chi connectivity index (χ1n) is 7.08. The fraction of sp³-hybridized carbons (Fsp3) is 0.600. The molecule has 22 heavy (non-hydrogen) atoms. The van der Waals surface area contributed by atoms with Crippen LogP contribution in [0.3, 0.4) is 0 Å². The van der Waals surface area contributed by atoms with Gasteiger partial charge in [-0.1, -0.05) is 26.8 Å². The molecule has 1 aromatic carbocycles. The molecule has 0 fully saturated rings. The number of sulfonamides is 1. The van der Waals surface area contributed by atoms with Crippen molar-refractivity contribution in [3.63, 3.8) is 0 Å². The van der Waals surface area contributed by atoms with E-state index in [1.807, 2.05) is 20.8 Å². The Bertz CT molecular complexity index is 597. The van der Waals surface area contributed by atoms with Crippen molar-refractivity contribution in [2.75, 3.05) is 19.7 Å². The molecule has 0 aliphatic rings. The van der Waals surface area contributed by atoms with Crippen LogP contribution < -0.4 is 0 Å². The van der Waals surface area contributed by atoms with Gasteiger partial charge in [-0.05, 0) is 17.9 Å². The highest BCUT2D eigenvalue weighted by molar-refractivity contribution is 7.88. The maximum Gasteiger partial charge on any atom is 0.218 e. The zero-order valence-corrected chi connectivity index (χ0v) is 14.0. The molecule has 0 aromatic heterocycles. The minimum absolute atomic E-state index is 0.0655. The van der Waals surface area contributed by atoms with Crippen molar-refractivity contribution in [3.05, 3.63) is 35.4 Å². The van der Waals surface area contributed by atoms with E-state index >= 15 is 0 Å². The molecule has 0 spiro atoms. The molecule has 0 saturated heterocycles. The van der Waals surface area contributed by atoms with E-state index in [-0.39, 0.29) is 30.7 Å². The minimum atomic E-state index is -3.76. The van der Waals surface area contributed by atoms with E-state index in [1.54, 1.807) is 0 Å². The second-order valence-electron chi connectivity index (χ2n) is 6.46. The first-order valence-corrected chi connectivity index (χ1v) is 8.69. The maximum atomic E-state index is 13.7. The molecule has 1 N–H and O–H groups in total. The lowest BCUT2D eigenvalue weighted by Gasteiger charge is -2.29. The SMILES string of the molecule is CC(C)(C)CN(CCCO)S(=O)(=O)Cc1ccc(F)cc1F. The molecule has 1 aromatic rings. The molecule has 0 unspecified atom stereocenters. The van der Waals surface area contributed by atoms with Gasteiger partial charge in [0.05, 0.1) is 5.75 Å². The standard InChI is InChI=1S/C15H23F2NO3S/c1-15(2,3)11-18(7-4-8-19)22(20,21)10-12-5-6-13(16)9-14(12)17/h5-6,9,19H,4,7-8,10-11H2,1-3H3.